The summed E-state index contributed by atoms with van der Waals surface area (Å²) in [6, 6.07) is 11.1. The van der Waals surface area contributed by atoms with Crippen molar-refractivity contribution in [3.8, 4) is 11.5 Å². The van der Waals surface area contributed by atoms with Crippen LogP contribution in [0.15, 0.2) is 42.5 Å². The largest absolute Gasteiger partial charge is 0.507 e. The lowest BCUT2D eigenvalue weighted by Crippen LogP contribution is -2.51. The van der Waals surface area contributed by atoms with Crippen LogP contribution in [0.1, 0.15) is 32.7 Å². The van der Waals surface area contributed by atoms with Gasteiger partial charge in [-0.1, -0.05) is 24.3 Å². The van der Waals surface area contributed by atoms with Crippen LogP contribution < -0.4 is 4.74 Å². The zero-order valence-corrected chi connectivity index (χ0v) is 16.3. The van der Waals surface area contributed by atoms with Crippen LogP contribution in [0.4, 0.5) is 0 Å². The second kappa shape index (κ2) is 9.89. The number of carboxylic acids is 1. The molecule has 0 spiro atoms. The van der Waals surface area contributed by atoms with E-state index in [0.717, 1.165) is 0 Å². The van der Waals surface area contributed by atoms with Crippen molar-refractivity contribution in [1.29, 1.82) is 0 Å². The highest BCUT2D eigenvalue weighted by molar-refractivity contribution is 5.96. The highest BCUT2D eigenvalue weighted by atomic mass is 16.5. The molecule has 1 heterocycles. The topological polar surface area (TPSA) is 113 Å². The average molecular weight is 413 g/mol. The maximum absolute atomic E-state index is 13.2. The fourth-order valence-electron chi connectivity index (χ4n) is 3.37. The summed E-state index contributed by atoms with van der Waals surface area (Å²) in [7, 11) is 0. The highest BCUT2D eigenvalue weighted by Gasteiger charge is 2.30. The fourth-order valence-corrected chi connectivity index (χ4v) is 3.37. The monoisotopic (exact) mass is 413 g/mol. The van der Waals surface area contributed by atoms with Crippen LogP contribution in [0.2, 0.25) is 0 Å². The number of carbonyl (C=O) groups is 3. The molecule has 8 heteroatoms. The third-order valence-corrected chi connectivity index (χ3v) is 4.94. The molecule has 30 heavy (non-hydrogen) atoms. The summed E-state index contributed by atoms with van der Waals surface area (Å²) in [5.74, 6) is -1.10. The van der Waals surface area contributed by atoms with Gasteiger partial charge in [0.25, 0.3) is 5.91 Å². The summed E-state index contributed by atoms with van der Waals surface area (Å²) in [6.07, 6.45) is 0.713. The first-order valence-corrected chi connectivity index (χ1v) is 9.59. The van der Waals surface area contributed by atoms with Crippen molar-refractivity contribution in [1.82, 2.24) is 4.90 Å². The number of carbonyl (C=O) groups excluding carboxylic acids is 2. The van der Waals surface area contributed by atoms with Gasteiger partial charge in [0, 0.05) is 18.5 Å². The molecule has 1 fully saturated rings. The molecule has 0 aromatic heterocycles. The molecule has 1 amide bonds. The Labute approximate surface area is 173 Å². The molecule has 3 rings (SSSR count). The van der Waals surface area contributed by atoms with E-state index in [4.69, 9.17) is 14.6 Å². The lowest BCUT2D eigenvalue weighted by Gasteiger charge is -2.36. The molecular formula is C22H23NO7. The first-order valence-electron chi connectivity index (χ1n) is 9.59. The van der Waals surface area contributed by atoms with Crippen molar-refractivity contribution >= 4 is 18.2 Å². The van der Waals surface area contributed by atoms with Crippen LogP contribution in [0.5, 0.6) is 11.5 Å². The molecule has 1 saturated heterocycles. The van der Waals surface area contributed by atoms with Gasteiger partial charge < -0.3 is 24.6 Å². The van der Waals surface area contributed by atoms with E-state index in [1.165, 1.54) is 6.07 Å². The number of rotatable bonds is 8. The number of ether oxygens (including phenoxy) is 2. The number of aromatic hydroxyl groups is 1. The molecule has 158 valence electrons. The molecule has 0 bridgehead atoms. The molecule has 0 unspecified atom stereocenters. The van der Waals surface area contributed by atoms with Gasteiger partial charge in [-0.05, 0) is 30.2 Å². The van der Waals surface area contributed by atoms with Crippen molar-refractivity contribution in [2.75, 3.05) is 26.4 Å². The Morgan fingerprint density at radius 1 is 1.20 bits per heavy atom. The Bertz CT molecular complexity index is 927. The molecule has 0 radical (unpaired) electrons. The Morgan fingerprint density at radius 2 is 2.00 bits per heavy atom. The number of nitrogens with zero attached hydrogens (tertiary/aromatic N) is 1. The van der Waals surface area contributed by atoms with Gasteiger partial charge in [0.2, 0.25) is 0 Å². The summed E-state index contributed by atoms with van der Waals surface area (Å²) in [4.78, 5) is 37.0. The van der Waals surface area contributed by atoms with E-state index < -0.39 is 12.0 Å². The van der Waals surface area contributed by atoms with Crippen LogP contribution in [0, 0.1) is 0 Å². The Kier molecular flexibility index (Phi) is 7.03. The van der Waals surface area contributed by atoms with E-state index in [9.17, 15) is 19.5 Å². The first kappa shape index (κ1) is 21.3. The van der Waals surface area contributed by atoms with Crippen LogP contribution in [0.3, 0.4) is 0 Å². The minimum atomic E-state index is -0.924. The van der Waals surface area contributed by atoms with Crippen molar-refractivity contribution < 1.29 is 34.1 Å². The number of carboxylic acid groups (broad SMARTS) is 1. The summed E-state index contributed by atoms with van der Waals surface area (Å²) in [6.45, 7) is 1.08. The van der Waals surface area contributed by atoms with Crippen LogP contribution in [0.25, 0.3) is 0 Å². The number of aryl methyl sites for hydroxylation is 1. The third kappa shape index (κ3) is 4.96. The lowest BCUT2D eigenvalue weighted by molar-refractivity contribution is -0.136. The molecule has 2 aromatic rings. The van der Waals surface area contributed by atoms with Crippen LogP contribution >= 0.6 is 0 Å². The van der Waals surface area contributed by atoms with Gasteiger partial charge in [0.1, 0.15) is 18.1 Å². The van der Waals surface area contributed by atoms with Crippen molar-refractivity contribution in [3.63, 3.8) is 0 Å². The highest BCUT2D eigenvalue weighted by Crippen LogP contribution is 2.26. The van der Waals surface area contributed by atoms with Crippen molar-refractivity contribution in [3.05, 3.63) is 59.2 Å². The molecule has 1 atom stereocenters. The van der Waals surface area contributed by atoms with Crippen molar-refractivity contribution in [2.24, 2.45) is 0 Å². The number of morpholine rings is 1. The van der Waals surface area contributed by atoms with Crippen LogP contribution in [-0.2, 0) is 16.0 Å². The quantitative estimate of drug-likeness (QED) is 0.638. The van der Waals surface area contributed by atoms with Gasteiger partial charge in [-0.15, -0.1) is 0 Å². The predicted molar refractivity (Wildman–Crippen MR) is 107 cm³/mol. The predicted octanol–water partition coefficient (Wildman–Crippen LogP) is 2.14. The van der Waals surface area contributed by atoms with Crippen LogP contribution in [-0.4, -0.2) is 65.7 Å². The number of aldehydes is 1. The molecule has 0 aliphatic carbocycles. The van der Waals surface area contributed by atoms with Gasteiger partial charge in [-0.2, -0.15) is 0 Å². The van der Waals surface area contributed by atoms with Gasteiger partial charge in [0.15, 0.2) is 6.29 Å². The number of aliphatic carboxylic acids is 1. The molecule has 8 nitrogen and oxygen atoms in total. The van der Waals surface area contributed by atoms with Gasteiger partial charge in [-0.3, -0.25) is 14.4 Å². The summed E-state index contributed by atoms with van der Waals surface area (Å²) in [5, 5.41) is 18.8. The second-order valence-corrected chi connectivity index (χ2v) is 6.90. The Balaban J connectivity index is 1.76. The molecular weight excluding hydrogens is 390 g/mol. The van der Waals surface area contributed by atoms with Gasteiger partial charge in [-0.25, -0.2) is 0 Å². The van der Waals surface area contributed by atoms with E-state index in [-0.39, 0.29) is 49.0 Å². The Morgan fingerprint density at radius 3 is 2.77 bits per heavy atom. The molecule has 2 N–H and O–H groups in total. The zero-order chi connectivity index (χ0) is 21.5. The third-order valence-electron chi connectivity index (χ3n) is 4.94. The SMILES string of the molecule is O=Cc1c(O)cccc1OC[C@@H]1COCCN1C(=O)c1ccccc1CCC(=O)O. The number of benzene rings is 2. The standard InChI is InChI=1S/C22H23NO7/c24-12-18-19(25)6-3-7-20(18)30-14-16-13-29-11-10-23(16)22(28)17-5-2-1-4-15(17)8-9-21(26)27/h1-7,12,16,25H,8-11,13-14H2,(H,26,27)/t16-/m0/s1. The second-order valence-electron chi connectivity index (χ2n) is 6.90. The fraction of sp³-hybridized carbons (Fsp3) is 0.318. The summed E-state index contributed by atoms with van der Waals surface area (Å²) >= 11 is 0. The average Bonchev–Trinajstić information content (AvgIpc) is 2.76. The van der Waals surface area contributed by atoms with E-state index in [1.807, 2.05) is 0 Å². The zero-order valence-electron chi connectivity index (χ0n) is 16.3. The lowest BCUT2D eigenvalue weighted by atomic mass is 10.0. The summed E-state index contributed by atoms with van der Waals surface area (Å²) in [5.41, 5.74) is 1.18. The number of hydrogen-bond donors (Lipinski definition) is 2. The normalized spacial score (nSPS) is 16.1. The molecule has 1 aliphatic heterocycles. The van der Waals surface area contributed by atoms with E-state index in [1.54, 1.807) is 41.3 Å². The number of phenolic OH excluding ortho intramolecular Hbond substituents is 1. The smallest absolute Gasteiger partial charge is 0.303 e. The maximum Gasteiger partial charge on any atom is 0.303 e. The number of amides is 1. The van der Waals surface area contributed by atoms with E-state index in [0.29, 0.717) is 30.6 Å². The molecule has 2 aromatic carbocycles. The molecule has 1 aliphatic rings. The number of hydrogen-bond acceptors (Lipinski definition) is 6. The minimum Gasteiger partial charge on any atom is -0.507 e. The van der Waals surface area contributed by atoms with E-state index >= 15 is 0 Å². The summed E-state index contributed by atoms with van der Waals surface area (Å²) < 4.78 is 11.2. The Hall–Kier alpha value is -3.39. The van der Waals surface area contributed by atoms with Crippen molar-refractivity contribution in [2.45, 2.75) is 18.9 Å². The first-order chi connectivity index (χ1) is 14.5. The van der Waals surface area contributed by atoms with E-state index in [2.05, 4.69) is 0 Å². The minimum absolute atomic E-state index is 0.0473. The number of phenols is 1. The molecule has 0 saturated carbocycles. The maximum atomic E-state index is 13.2. The van der Waals surface area contributed by atoms with Gasteiger partial charge >= 0.3 is 5.97 Å². The van der Waals surface area contributed by atoms with Gasteiger partial charge in [0.05, 0.1) is 24.8 Å².